The zero-order chi connectivity index (χ0) is 24.3. The van der Waals surface area contributed by atoms with E-state index in [0.717, 1.165) is 15.9 Å². The van der Waals surface area contributed by atoms with Gasteiger partial charge in [-0.3, -0.25) is 9.59 Å². The van der Waals surface area contributed by atoms with Gasteiger partial charge in [-0.2, -0.15) is 4.99 Å². The summed E-state index contributed by atoms with van der Waals surface area (Å²) in [5, 5.41) is 0.570. The first-order valence-electron chi connectivity index (χ1n) is 10.9. The molecule has 180 valence electrons. The zero-order valence-electron chi connectivity index (χ0n) is 18.7. The maximum atomic E-state index is 12.6. The Bertz CT molecular complexity index is 1370. The number of para-hydroxylation sites is 1. The Morgan fingerprint density at radius 1 is 1.03 bits per heavy atom. The summed E-state index contributed by atoms with van der Waals surface area (Å²) in [6.07, 6.45) is 0. The Hall–Kier alpha value is -2.69. The predicted octanol–water partition coefficient (Wildman–Crippen LogP) is 2.57. The van der Waals surface area contributed by atoms with Crippen LogP contribution in [-0.2, 0) is 26.0 Å². The molecule has 0 aliphatic carbocycles. The molecule has 8 nitrogen and oxygen atoms in total. The molecule has 1 aliphatic heterocycles. The van der Waals surface area contributed by atoms with E-state index >= 15 is 0 Å². The highest BCUT2D eigenvalue weighted by Gasteiger charge is 2.27. The van der Waals surface area contributed by atoms with Crippen molar-refractivity contribution in [1.29, 1.82) is 0 Å². The predicted molar refractivity (Wildman–Crippen MR) is 135 cm³/mol. The fourth-order valence-electron chi connectivity index (χ4n) is 3.95. The third-order valence-corrected chi connectivity index (χ3v) is 8.27. The van der Waals surface area contributed by atoms with Crippen molar-refractivity contribution in [3.8, 4) is 0 Å². The van der Waals surface area contributed by atoms with Gasteiger partial charge < -0.3 is 14.4 Å². The number of benzene rings is 2. The maximum Gasteiger partial charge on any atom is 0.263 e. The van der Waals surface area contributed by atoms with Crippen molar-refractivity contribution in [1.82, 2.24) is 9.47 Å². The fourth-order valence-corrected chi connectivity index (χ4v) is 6.44. The van der Waals surface area contributed by atoms with Gasteiger partial charge in [0.1, 0.15) is 11.5 Å². The number of amides is 2. The van der Waals surface area contributed by atoms with Crippen molar-refractivity contribution in [3.05, 3.63) is 58.4 Å². The highest BCUT2D eigenvalue weighted by molar-refractivity contribution is 7.92. The number of carbonyl (C=O) groups excluding carboxylic acids is 2. The highest BCUT2D eigenvalue weighted by atomic mass is 35.5. The van der Waals surface area contributed by atoms with Gasteiger partial charge in [0.05, 0.1) is 10.2 Å². The Kier molecular flexibility index (Phi) is 7.39. The van der Waals surface area contributed by atoms with E-state index in [9.17, 15) is 18.0 Å². The second-order valence-corrected chi connectivity index (χ2v) is 11.5. The number of aryl methyl sites for hydroxylation is 1. The minimum absolute atomic E-state index is 0.406. The number of rotatable bonds is 6. The van der Waals surface area contributed by atoms with Crippen LogP contribution in [0.4, 0.5) is 5.69 Å². The normalized spacial score (nSPS) is 15.2. The molecule has 3 aromatic rings. The molecule has 0 N–H and O–H groups in total. The van der Waals surface area contributed by atoms with Crippen LogP contribution >= 0.6 is 22.9 Å². The number of halogens is 1. The smallest absolute Gasteiger partial charge is 0.263 e. The number of anilines is 1. The average Bonchev–Trinajstić information content (AvgIpc) is 3.14. The van der Waals surface area contributed by atoms with E-state index < -0.39 is 33.2 Å². The number of sulfone groups is 1. The molecule has 1 saturated heterocycles. The molecule has 0 saturated carbocycles. The summed E-state index contributed by atoms with van der Waals surface area (Å²) in [5.41, 5.74) is 1.94. The Morgan fingerprint density at radius 3 is 2.41 bits per heavy atom. The molecule has 1 aromatic heterocycles. The van der Waals surface area contributed by atoms with Gasteiger partial charge >= 0.3 is 0 Å². The molecule has 0 spiro atoms. The van der Waals surface area contributed by atoms with Crippen LogP contribution in [0.5, 0.6) is 0 Å². The van der Waals surface area contributed by atoms with Crippen LogP contribution in [0.3, 0.4) is 0 Å². The summed E-state index contributed by atoms with van der Waals surface area (Å²) in [4.78, 5) is 33.2. The van der Waals surface area contributed by atoms with E-state index in [1.54, 1.807) is 17.0 Å². The van der Waals surface area contributed by atoms with Crippen molar-refractivity contribution in [2.45, 2.75) is 13.5 Å². The third kappa shape index (κ3) is 5.68. The molecule has 2 aromatic carbocycles. The van der Waals surface area contributed by atoms with Crippen LogP contribution in [0.25, 0.3) is 10.2 Å². The number of aromatic nitrogens is 1. The van der Waals surface area contributed by atoms with Crippen LogP contribution in [0.15, 0.2) is 53.5 Å². The molecule has 0 atom stereocenters. The lowest BCUT2D eigenvalue weighted by atomic mass is 10.2. The van der Waals surface area contributed by atoms with Gasteiger partial charge in [0.25, 0.3) is 5.91 Å². The number of fused-ring (bicyclic) bond motifs is 1. The number of nitrogens with zero attached hydrogens (tertiary/aromatic N) is 4. The van der Waals surface area contributed by atoms with Crippen LogP contribution < -0.4 is 9.70 Å². The lowest BCUT2D eigenvalue weighted by molar-refractivity contribution is -0.128. The number of hydrogen-bond acceptors (Lipinski definition) is 6. The molecule has 0 bridgehead atoms. The molecular weight excluding hydrogens is 496 g/mol. The van der Waals surface area contributed by atoms with E-state index in [2.05, 4.69) is 9.89 Å². The molecule has 34 heavy (non-hydrogen) atoms. The molecule has 4 rings (SSSR count). The molecule has 2 amide bonds. The summed E-state index contributed by atoms with van der Waals surface area (Å²) >= 11 is 7.32. The van der Waals surface area contributed by atoms with Gasteiger partial charge in [0.2, 0.25) is 5.91 Å². The highest BCUT2D eigenvalue weighted by Crippen LogP contribution is 2.22. The fraction of sp³-hybridized carbons (Fsp3) is 0.348. The molecule has 0 radical (unpaired) electrons. The molecule has 2 heterocycles. The first kappa shape index (κ1) is 24.4. The van der Waals surface area contributed by atoms with E-state index in [1.165, 1.54) is 11.3 Å². The van der Waals surface area contributed by atoms with Gasteiger partial charge in [-0.15, -0.1) is 0 Å². The number of thiazole rings is 1. The Labute approximate surface area is 207 Å². The maximum absolute atomic E-state index is 12.6. The lowest BCUT2D eigenvalue weighted by Crippen LogP contribution is -2.50. The average molecular weight is 521 g/mol. The van der Waals surface area contributed by atoms with Crippen molar-refractivity contribution in [3.63, 3.8) is 0 Å². The second-order valence-electron chi connectivity index (χ2n) is 7.98. The standard InChI is InChI=1S/C23H25ClN4O4S2/c1-2-28-19-9-8-17(24)14-20(19)33-23(28)25-21(29)15-34(31,32)16-22(30)27-12-10-26(11-13-27)18-6-4-3-5-7-18/h3-9,14H,2,10-13,15-16H2,1H3. The molecule has 1 aliphatic rings. The van der Waals surface area contributed by atoms with E-state index in [-0.39, 0.29) is 0 Å². The minimum Gasteiger partial charge on any atom is -0.368 e. The molecule has 1 fully saturated rings. The van der Waals surface area contributed by atoms with Gasteiger partial charge in [0.15, 0.2) is 14.6 Å². The Morgan fingerprint density at radius 2 is 1.74 bits per heavy atom. The van der Waals surface area contributed by atoms with Gasteiger partial charge in [-0.05, 0) is 37.3 Å². The molecular formula is C23H25ClN4O4S2. The summed E-state index contributed by atoms with van der Waals surface area (Å²) < 4.78 is 27.9. The van der Waals surface area contributed by atoms with E-state index in [1.807, 2.05) is 47.9 Å². The number of hydrogen-bond donors (Lipinski definition) is 0. The van der Waals surface area contributed by atoms with E-state index in [0.29, 0.717) is 42.5 Å². The summed E-state index contributed by atoms with van der Waals surface area (Å²) in [6, 6.07) is 15.2. The summed E-state index contributed by atoms with van der Waals surface area (Å²) in [7, 11) is -3.95. The van der Waals surface area contributed by atoms with Crippen molar-refractivity contribution in [2.75, 3.05) is 42.6 Å². The third-order valence-electron chi connectivity index (χ3n) is 5.62. The van der Waals surface area contributed by atoms with E-state index in [4.69, 9.17) is 11.6 Å². The van der Waals surface area contributed by atoms with Gasteiger partial charge in [0, 0.05) is 43.4 Å². The second kappa shape index (κ2) is 10.3. The summed E-state index contributed by atoms with van der Waals surface area (Å²) in [5.74, 6) is -2.78. The summed E-state index contributed by atoms with van der Waals surface area (Å²) in [6.45, 7) is 4.59. The van der Waals surface area contributed by atoms with Crippen LogP contribution in [0.2, 0.25) is 5.02 Å². The quantitative estimate of drug-likeness (QED) is 0.498. The molecule has 11 heteroatoms. The topological polar surface area (TPSA) is 92.0 Å². The monoisotopic (exact) mass is 520 g/mol. The first-order valence-corrected chi connectivity index (χ1v) is 13.9. The van der Waals surface area contributed by atoms with Crippen LogP contribution in [0.1, 0.15) is 6.92 Å². The van der Waals surface area contributed by atoms with Crippen molar-refractivity contribution in [2.24, 2.45) is 4.99 Å². The minimum atomic E-state index is -3.95. The largest absolute Gasteiger partial charge is 0.368 e. The number of carbonyl (C=O) groups is 2. The van der Waals surface area contributed by atoms with Crippen LogP contribution in [-0.4, -0.2) is 67.4 Å². The van der Waals surface area contributed by atoms with Crippen molar-refractivity contribution >= 4 is 60.5 Å². The molecule has 0 unspecified atom stereocenters. The van der Waals surface area contributed by atoms with Gasteiger partial charge in [-0.1, -0.05) is 41.1 Å². The SMILES string of the molecule is CCn1c(=NC(=O)CS(=O)(=O)CC(=O)N2CCN(c3ccccc3)CC2)sc2cc(Cl)ccc21. The lowest BCUT2D eigenvalue weighted by Gasteiger charge is -2.36. The van der Waals surface area contributed by atoms with Crippen LogP contribution in [0, 0.1) is 0 Å². The number of piperazine rings is 1. The Balaban J connectivity index is 1.39. The first-order chi connectivity index (χ1) is 16.3. The van der Waals surface area contributed by atoms with Crippen molar-refractivity contribution < 1.29 is 18.0 Å². The van der Waals surface area contributed by atoms with Gasteiger partial charge in [-0.25, -0.2) is 8.42 Å². The zero-order valence-corrected chi connectivity index (χ0v) is 21.1.